The molecule has 1 aromatic heterocycles. The van der Waals surface area contributed by atoms with Crippen LogP contribution in [0.5, 0.6) is 0 Å². The van der Waals surface area contributed by atoms with E-state index in [9.17, 15) is 9.59 Å². The number of nitrogens with one attached hydrogen (secondary N) is 1. The van der Waals surface area contributed by atoms with E-state index in [0.29, 0.717) is 6.54 Å². The van der Waals surface area contributed by atoms with Crippen LogP contribution in [0.3, 0.4) is 0 Å². The number of nitrogens with zero attached hydrogens (tertiary/aromatic N) is 2. The summed E-state index contributed by atoms with van der Waals surface area (Å²) in [6, 6.07) is 13.4. The predicted octanol–water partition coefficient (Wildman–Crippen LogP) is 4.12. The maximum absolute atomic E-state index is 12.9. The molecule has 6 heteroatoms. The predicted molar refractivity (Wildman–Crippen MR) is 111 cm³/mol. The van der Waals surface area contributed by atoms with Crippen molar-refractivity contribution in [1.29, 1.82) is 0 Å². The van der Waals surface area contributed by atoms with Crippen LogP contribution in [-0.2, 0) is 10.2 Å². The summed E-state index contributed by atoms with van der Waals surface area (Å²) in [5.74, 6) is -0.252. The first-order valence-corrected chi connectivity index (χ1v) is 10.1. The van der Waals surface area contributed by atoms with E-state index in [-0.39, 0.29) is 23.8 Å². The molecule has 1 aliphatic carbocycles. The highest BCUT2D eigenvalue weighted by Crippen LogP contribution is 2.52. The van der Waals surface area contributed by atoms with Crippen molar-refractivity contribution in [3.63, 3.8) is 0 Å². The molecule has 0 radical (unpaired) electrons. The largest absolute Gasteiger partial charge is 0.328 e. The van der Waals surface area contributed by atoms with Crippen molar-refractivity contribution in [2.24, 2.45) is 0 Å². The maximum Gasteiger partial charge on any atom is 0.254 e. The molecule has 5 nitrogen and oxygen atoms in total. The van der Waals surface area contributed by atoms with E-state index in [1.807, 2.05) is 36.4 Å². The number of hydrogen-bond acceptors (Lipinski definition) is 3. The highest BCUT2D eigenvalue weighted by atomic mass is 79.9. The van der Waals surface area contributed by atoms with Gasteiger partial charge in [0.1, 0.15) is 6.54 Å². The molecular weight excluding hydrogens is 418 g/mol. The second-order valence-electron chi connectivity index (χ2n) is 7.62. The molecule has 2 aliphatic rings. The van der Waals surface area contributed by atoms with Gasteiger partial charge in [-0.15, -0.1) is 0 Å². The Labute approximate surface area is 170 Å². The quantitative estimate of drug-likeness (QED) is 0.672. The average molecular weight is 436 g/mol. The lowest BCUT2D eigenvalue weighted by Gasteiger charge is -2.34. The first-order valence-electron chi connectivity index (χ1n) is 9.27. The Morgan fingerprint density at radius 3 is 2.82 bits per heavy atom. The topological polar surface area (TPSA) is 62.3 Å². The first kappa shape index (κ1) is 17.4. The number of aromatic nitrogens is 1. The Kier molecular flexibility index (Phi) is 3.98. The zero-order valence-electron chi connectivity index (χ0n) is 15.1. The zero-order chi connectivity index (χ0) is 19.3. The molecule has 1 fully saturated rings. The number of rotatable bonds is 3. The molecule has 0 saturated heterocycles. The fraction of sp³-hybridized carbons (Fsp3) is 0.227. The fourth-order valence-corrected chi connectivity index (χ4v) is 4.44. The van der Waals surface area contributed by atoms with E-state index >= 15 is 0 Å². The fourth-order valence-electron chi connectivity index (χ4n) is 4.08. The highest BCUT2D eigenvalue weighted by Gasteiger charge is 2.51. The van der Waals surface area contributed by atoms with Gasteiger partial charge in [0.25, 0.3) is 5.91 Å². The van der Waals surface area contributed by atoms with Crippen molar-refractivity contribution in [1.82, 2.24) is 9.88 Å². The number of carbonyl (C=O) groups is 2. The van der Waals surface area contributed by atoms with Gasteiger partial charge >= 0.3 is 0 Å². The van der Waals surface area contributed by atoms with Crippen LogP contribution in [0.1, 0.15) is 28.8 Å². The third-order valence-electron chi connectivity index (χ3n) is 5.68. The van der Waals surface area contributed by atoms with Crippen LogP contribution >= 0.6 is 15.9 Å². The number of anilines is 1. The third-order valence-corrected chi connectivity index (χ3v) is 6.17. The van der Waals surface area contributed by atoms with Crippen LogP contribution in [-0.4, -0.2) is 34.8 Å². The molecule has 1 spiro atoms. The van der Waals surface area contributed by atoms with Crippen LogP contribution < -0.4 is 5.32 Å². The Morgan fingerprint density at radius 2 is 2.00 bits per heavy atom. The zero-order valence-corrected chi connectivity index (χ0v) is 16.7. The van der Waals surface area contributed by atoms with Gasteiger partial charge in [0.2, 0.25) is 5.91 Å². The van der Waals surface area contributed by atoms with Gasteiger partial charge in [0.15, 0.2) is 0 Å². The number of pyridine rings is 1. The SMILES string of the molecule is O=C(CN1CC2(CC2)c2cc(Br)ccc2C1=O)Nc1ccc2cnccc2c1. The minimum atomic E-state index is -0.182. The number of carbonyl (C=O) groups excluding carboxylic acids is 2. The van der Waals surface area contributed by atoms with E-state index in [2.05, 4.69) is 32.3 Å². The van der Waals surface area contributed by atoms with Crippen LogP contribution in [0.4, 0.5) is 5.69 Å². The highest BCUT2D eigenvalue weighted by molar-refractivity contribution is 9.10. The summed E-state index contributed by atoms with van der Waals surface area (Å²) >= 11 is 3.51. The monoisotopic (exact) mass is 435 g/mol. The van der Waals surface area contributed by atoms with Gasteiger partial charge in [-0.1, -0.05) is 22.0 Å². The lowest BCUT2D eigenvalue weighted by molar-refractivity contribution is -0.117. The van der Waals surface area contributed by atoms with Crippen LogP contribution in [0.25, 0.3) is 10.8 Å². The third kappa shape index (κ3) is 2.98. The molecule has 140 valence electrons. The van der Waals surface area contributed by atoms with E-state index in [1.165, 1.54) is 0 Å². The summed E-state index contributed by atoms with van der Waals surface area (Å²) < 4.78 is 0.989. The van der Waals surface area contributed by atoms with Gasteiger partial charge in [0, 0.05) is 45.5 Å². The second-order valence-corrected chi connectivity index (χ2v) is 8.53. The molecular formula is C22H18BrN3O2. The van der Waals surface area contributed by atoms with Crippen LogP contribution in [0, 0.1) is 0 Å². The molecule has 2 heterocycles. The van der Waals surface area contributed by atoms with Gasteiger partial charge in [-0.2, -0.15) is 0 Å². The van der Waals surface area contributed by atoms with Gasteiger partial charge in [-0.25, -0.2) is 0 Å². The maximum atomic E-state index is 12.9. The Morgan fingerprint density at radius 1 is 1.14 bits per heavy atom. The molecule has 2 aromatic carbocycles. The van der Waals surface area contributed by atoms with Gasteiger partial charge < -0.3 is 10.2 Å². The van der Waals surface area contributed by atoms with E-state index in [1.54, 1.807) is 17.3 Å². The molecule has 1 N–H and O–H groups in total. The van der Waals surface area contributed by atoms with Crippen molar-refractivity contribution in [2.45, 2.75) is 18.3 Å². The summed E-state index contributed by atoms with van der Waals surface area (Å²) in [6.45, 7) is 0.663. The van der Waals surface area contributed by atoms with E-state index in [0.717, 1.165) is 44.9 Å². The molecule has 0 atom stereocenters. The lowest BCUT2D eigenvalue weighted by Crippen LogP contribution is -2.46. The average Bonchev–Trinajstić information content (AvgIpc) is 3.46. The Hall–Kier alpha value is -2.73. The number of fused-ring (bicyclic) bond motifs is 3. The number of benzene rings is 2. The summed E-state index contributed by atoms with van der Waals surface area (Å²) in [7, 11) is 0. The molecule has 5 rings (SSSR count). The Balaban J connectivity index is 1.35. The summed E-state index contributed by atoms with van der Waals surface area (Å²) in [5, 5.41) is 4.95. The van der Waals surface area contributed by atoms with E-state index in [4.69, 9.17) is 0 Å². The minimum Gasteiger partial charge on any atom is -0.328 e. The minimum absolute atomic E-state index is 0.0171. The number of halogens is 1. The standard InChI is InChI=1S/C22H18BrN3O2/c23-16-2-4-18-19(10-16)22(6-7-22)13-26(21(18)28)12-20(27)25-17-3-1-15-11-24-8-5-14(15)9-17/h1-5,8-11H,6-7,12-13H2,(H,25,27). The van der Waals surface area contributed by atoms with Crippen molar-refractivity contribution in [3.8, 4) is 0 Å². The van der Waals surface area contributed by atoms with Crippen molar-refractivity contribution < 1.29 is 9.59 Å². The smallest absolute Gasteiger partial charge is 0.254 e. The summed E-state index contributed by atoms with van der Waals surface area (Å²) in [4.78, 5) is 31.3. The molecule has 3 aromatic rings. The Bertz CT molecular complexity index is 1120. The summed E-state index contributed by atoms with van der Waals surface area (Å²) in [5.41, 5.74) is 2.58. The molecule has 0 unspecified atom stereocenters. The van der Waals surface area contributed by atoms with Gasteiger partial charge in [-0.3, -0.25) is 14.6 Å². The molecule has 1 saturated carbocycles. The number of amides is 2. The van der Waals surface area contributed by atoms with Crippen LogP contribution in [0.15, 0.2) is 59.3 Å². The number of hydrogen-bond donors (Lipinski definition) is 1. The molecule has 1 aliphatic heterocycles. The molecule has 2 amide bonds. The first-order chi connectivity index (χ1) is 13.5. The van der Waals surface area contributed by atoms with Crippen LogP contribution in [0.2, 0.25) is 0 Å². The van der Waals surface area contributed by atoms with E-state index < -0.39 is 0 Å². The van der Waals surface area contributed by atoms with Crippen molar-refractivity contribution >= 4 is 44.2 Å². The summed E-state index contributed by atoms with van der Waals surface area (Å²) in [6.07, 6.45) is 5.63. The molecule has 28 heavy (non-hydrogen) atoms. The van der Waals surface area contributed by atoms with Crippen molar-refractivity contribution in [2.75, 3.05) is 18.4 Å². The van der Waals surface area contributed by atoms with Gasteiger partial charge in [0.05, 0.1) is 0 Å². The van der Waals surface area contributed by atoms with Crippen molar-refractivity contribution in [3.05, 3.63) is 70.5 Å². The van der Waals surface area contributed by atoms with Gasteiger partial charge in [-0.05, 0) is 60.2 Å². The lowest BCUT2D eigenvalue weighted by atomic mass is 9.86. The second kappa shape index (κ2) is 6.41. The normalized spacial score (nSPS) is 16.9. The molecule has 0 bridgehead atoms.